The van der Waals surface area contributed by atoms with Crippen LogP contribution in [0, 0.1) is 0 Å². The molecule has 0 aliphatic carbocycles. The SMILES string of the molecule is COC(=O)c1cc(Oc2ccccc2)cc(C(=O)OC)c1.O=C(O)c1cc(O)cc(C(=O)O)c1. The summed E-state index contributed by atoms with van der Waals surface area (Å²) in [5.74, 6) is -3.11. The first-order valence-corrected chi connectivity index (χ1v) is 9.50. The molecule has 0 aromatic heterocycles. The number of carboxylic acid groups (broad SMARTS) is 2. The van der Waals surface area contributed by atoms with Crippen molar-refractivity contribution in [3.8, 4) is 17.2 Å². The Morgan fingerprint density at radius 1 is 0.618 bits per heavy atom. The van der Waals surface area contributed by atoms with Crippen LogP contribution in [0.15, 0.2) is 66.7 Å². The topological polar surface area (TPSA) is 157 Å². The summed E-state index contributed by atoms with van der Waals surface area (Å²) < 4.78 is 15.0. The van der Waals surface area contributed by atoms with Gasteiger partial charge in [-0.15, -0.1) is 0 Å². The van der Waals surface area contributed by atoms with Crippen molar-refractivity contribution in [3.05, 3.63) is 89.0 Å². The fourth-order valence-electron chi connectivity index (χ4n) is 2.61. The van der Waals surface area contributed by atoms with Gasteiger partial charge in [0.1, 0.15) is 17.2 Å². The smallest absolute Gasteiger partial charge is 0.338 e. The second-order valence-electron chi connectivity index (χ2n) is 6.52. The van der Waals surface area contributed by atoms with E-state index < -0.39 is 23.9 Å². The minimum absolute atomic E-state index is 0.214. The molecule has 0 saturated carbocycles. The van der Waals surface area contributed by atoms with Crippen LogP contribution in [0.2, 0.25) is 0 Å². The van der Waals surface area contributed by atoms with Crippen molar-refractivity contribution in [1.82, 2.24) is 0 Å². The molecule has 0 saturated heterocycles. The van der Waals surface area contributed by atoms with Crippen LogP contribution < -0.4 is 4.74 Å². The van der Waals surface area contributed by atoms with Crippen LogP contribution in [0.25, 0.3) is 0 Å². The Kier molecular flexibility index (Phi) is 8.72. The molecule has 34 heavy (non-hydrogen) atoms. The van der Waals surface area contributed by atoms with E-state index in [-0.39, 0.29) is 28.0 Å². The van der Waals surface area contributed by atoms with Crippen molar-refractivity contribution in [2.75, 3.05) is 14.2 Å². The minimum atomic E-state index is -1.28. The first kappa shape index (κ1) is 25.4. The third-order valence-electron chi connectivity index (χ3n) is 4.14. The van der Waals surface area contributed by atoms with Gasteiger partial charge < -0.3 is 29.5 Å². The predicted octanol–water partition coefficient (Wildman–Crippen LogP) is 3.84. The zero-order valence-electron chi connectivity index (χ0n) is 18.1. The largest absolute Gasteiger partial charge is 0.508 e. The third kappa shape index (κ3) is 7.09. The lowest BCUT2D eigenvalue weighted by Gasteiger charge is -2.09. The standard InChI is InChI=1S/C16H14O5.C8H6O5/c1-19-15(17)11-8-12(16(18)20-2)10-14(9-11)21-13-6-4-3-5-7-13;9-6-2-4(7(10)11)1-5(3-6)8(12)13/h3-10H,1-2H3;1-3,9H,(H,10,11)(H,12,13). The van der Waals surface area contributed by atoms with Crippen LogP contribution in [-0.2, 0) is 9.47 Å². The highest BCUT2D eigenvalue weighted by atomic mass is 16.5. The molecule has 0 amide bonds. The van der Waals surface area contributed by atoms with Crippen LogP contribution in [0.3, 0.4) is 0 Å². The van der Waals surface area contributed by atoms with E-state index in [0.717, 1.165) is 18.2 Å². The van der Waals surface area contributed by atoms with Gasteiger partial charge >= 0.3 is 23.9 Å². The molecule has 3 aromatic rings. The maximum atomic E-state index is 11.7. The third-order valence-corrected chi connectivity index (χ3v) is 4.14. The normalized spacial score (nSPS) is 9.71. The number of rotatable bonds is 6. The number of phenols is 1. The summed E-state index contributed by atoms with van der Waals surface area (Å²) in [5.41, 5.74) is -0.0764. The highest BCUT2D eigenvalue weighted by molar-refractivity contribution is 5.96. The summed E-state index contributed by atoms with van der Waals surface area (Å²) in [6, 6.07) is 16.4. The predicted molar refractivity (Wildman–Crippen MR) is 118 cm³/mol. The van der Waals surface area contributed by atoms with Crippen molar-refractivity contribution in [3.63, 3.8) is 0 Å². The Morgan fingerprint density at radius 2 is 1.06 bits per heavy atom. The molecular weight excluding hydrogens is 448 g/mol. The van der Waals surface area contributed by atoms with Crippen LogP contribution in [0.1, 0.15) is 41.4 Å². The van der Waals surface area contributed by atoms with E-state index in [0.29, 0.717) is 11.5 Å². The second kappa shape index (κ2) is 11.7. The van der Waals surface area contributed by atoms with Crippen LogP contribution >= 0.6 is 0 Å². The lowest BCUT2D eigenvalue weighted by Crippen LogP contribution is -2.07. The van der Waals surface area contributed by atoms with Crippen molar-refractivity contribution >= 4 is 23.9 Å². The maximum Gasteiger partial charge on any atom is 0.338 e. The highest BCUT2D eigenvalue weighted by Crippen LogP contribution is 2.24. The first-order chi connectivity index (χ1) is 16.1. The number of aromatic hydroxyl groups is 1. The van der Waals surface area contributed by atoms with Gasteiger partial charge in [0, 0.05) is 0 Å². The van der Waals surface area contributed by atoms with Gasteiger partial charge in [0.15, 0.2) is 0 Å². The molecule has 3 aromatic carbocycles. The summed E-state index contributed by atoms with van der Waals surface area (Å²) in [6.45, 7) is 0. The van der Waals surface area contributed by atoms with Crippen LogP contribution in [0.4, 0.5) is 0 Å². The van der Waals surface area contributed by atoms with Gasteiger partial charge in [-0.05, 0) is 48.5 Å². The maximum absolute atomic E-state index is 11.7. The number of esters is 2. The molecule has 10 nitrogen and oxygen atoms in total. The summed E-state index contributed by atoms with van der Waals surface area (Å²) >= 11 is 0. The lowest BCUT2D eigenvalue weighted by molar-refractivity contribution is 0.0595. The second-order valence-corrected chi connectivity index (χ2v) is 6.52. The van der Waals surface area contributed by atoms with Gasteiger partial charge in [-0.3, -0.25) is 0 Å². The molecule has 0 spiro atoms. The first-order valence-electron chi connectivity index (χ1n) is 9.50. The van der Waals surface area contributed by atoms with Crippen LogP contribution in [-0.4, -0.2) is 53.4 Å². The molecule has 0 unspecified atom stereocenters. The molecule has 0 aliphatic rings. The summed E-state index contributed by atoms with van der Waals surface area (Å²) in [4.78, 5) is 44.2. The van der Waals surface area contributed by atoms with Gasteiger partial charge in [-0.1, -0.05) is 18.2 Å². The molecule has 3 N–H and O–H groups in total. The molecule has 0 heterocycles. The van der Waals surface area contributed by atoms with E-state index in [1.807, 2.05) is 18.2 Å². The Bertz CT molecular complexity index is 1140. The quantitative estimate of drug-likeness (QED) is 0.454. The number of carbonyl (C=O) groups is 4. The Morgan fingerprint density at radius 3 is 1.47 bits per heavy atom. The van der Waals surface area contributed by atoms with Gasteiger partial charge in [0.25, 0.3) is 0 Å². The molecule has 176 valence electrons. The Balaban J connectivity index is 0.000000270. The van der Waals surface area contributed by atoms with E-state index in [9.17, 15) is 19.2 Å². The number of hydrogen-bond acceptors (Lipinski definition) is 8. The zero-order chi connectivity index (χ0) is 25.3. The van der Waals surface area contributed by atoms with E-state index >= 15 is 0 Å². The number of carboxylic acids is 2. The molecule has 0 fully saturated rings. The minimum Gasteiger partial charge on any atom is -0.508 e. The van der Waals surface area contributed by atoms with Crippen molar-refractivity contribution < 1.29 is 48.7 Å². The molecule has 0 bridgehead atoms. The van der Waals surface area contributed by atoms with Crippen molar-refractivity contribution in [2.24, 2.45) is 0 Å². The van der Waals surface area contributed by atoms with E-state index in [2.05, 4.69) is 9.47 Å². The van der Waals surface area contributed by atoms with E-state index in [4.69, 9.17) is 20.1 Å². The molecule has 0 radical (unpaired) electrons. The molecule has 10 heteroatoms. The Labute approximate surface area is 193 Å². The highest BCUT2D eigenvalue weighted by Gasteiger charge is 2.15. The number of aromatic carboxylic acids is 2. The van der Waals surface area contributed by atoms with E-state index in [1.165, 1.54) is 32.4 Å². The molecule has 3 rings (SSSR count). The molecular formula is C24H20O10. The number of methoxy groups -OCH3 is 2. The summed E-state index contributed by atoms with van der Waals surface area (Å²) in [7, 11) is 2.54. The fourth-order valence-corrected chi connectivity index (χ4v) is 2.61. The average molecular weight is 468 g/mol. The fraction of sp³-hybridized carbons (Fsp3) is 0.0833. The van der Waals surface area contributed by atoms with E-state index in [1.54, 1.807) is 12.1 Å². The van der Waals surface area contributed by atoms with Gasteiger partial charge in [0.05, 0.1) is 36.5 Å². The number of phenolic OH excluding ortho intramolecular Hbond substituents is 1. The van der Waals surface area contributed by atoms with Gasteiger partial charge in [0.2, 0.25) is 0 Å². The van der Waals surface area contributed by atoms with Gasteiger partial charge in [-0.25, -0.2) is 19.2 Å². The van der Waals surface area contributed by atoms with Crippen LogP contribution in [0.5, 0.6) is 17.2 Å². The summed E-state index contributed by atoms with van der Waals surface area (Å²) in [5, 5.41) is 26.0. The summed E-state index contributed by atoms with van der Waals surface area (Å²) in [6.07, 6.45) is 0. The van der Waals surface area contributed by atoms with Gasteiger partial charge in [-0.2, -0.15) is 0 Å². The number of benzene rings is 3. The number of carbonyl (C=O) groups excluding carboxylic acids is 2. The Hall–Kier alpha value is -4.86. The molecule has 0 aliphatic heterocycles. The lowest BCUT2D eigenvalue weighted by atomic mass is 10.1. The van der Waals surface area contributed by atoms with Crippen molar-refractivity contribution in [2.45, 2.75) is 0 Å². The number of para-hydroxylation sites is 1. The average Bonchev–Trinajstić information content (AvgIpc) is 2.83. The number of ether oxygens (including phenoxy) is 3. The number of hydrogen-bond donors (Lipinski definition) is 3. The monoisotopic (exact) mass is 468 g/mol. The van der Waals surface area contributed by atoms with Crippen molar-refractivity contribution in [1.29, 1.82) is 0 Å². The zero-order valence-corrected chi connectivity index (χ0v) is 18.1. The molecule has 0 atom stereocenters.